The number of fused-ring (bicyclic) bond motifs is 2. The summed E-state index contributed by atoms with van der Waals surface area (Å²) in [6, 6.07) is 9.91. The molecule has 0 atom stereocenters. The summed E-state index contributed by atoms with van der Waals surface area (Å²) in [7, 11) is 3.64. The van der Waals surface area contributed by atoms with Crippen molar-refractivity contribution in [3.05, 3.63) is 42.1 Å². The quantitative estimate of drug-likeness (QED) is 0.401. The number of rotatable bonds is 6. The smallest absolute Gasteiger partial charge is 0.254 e. The van der Waals surface area contributed by atoms with E-state index in [9.17, 15) is 9.90 Å². The van der Waals surface area contributed by atoms with Crippen LogP contribution in [0.25, 0.3) is 33.6 Å². The Morgan fingerprint density at radius 1 is 1.13 bits per heavy atom. The van der Waals surface area contributed by atoms with Crippen molar-refractivity contribution in [3.8, 4) is 17.3 Å². The molecule has 0 radical (unpaired) electrons. The van der Waals surface area contributed by atoms with Crippen molar-refractivity contribution in [2.75, 3.05) is 20.2 Å². The number of benzene rings is 1. The van der Waals surface area contributed by atoms with Crippen LogP contribution in [0.1, 0.15) is 55.3 Å². The molecule has 7 rings (SSSR count). The van der Waals surface area contributed by atoms with Crippen molar-refractivity contribution in [1.29, 1.82) is 0 Å². The van der Waals surface area contributed by atoms with Crippen LogP contribution in [0.5, 0.6) is 5.75 Å². The largest absolute Gasteiger partial charge is 0.494 e. The third kappa shape index (κ3) is 3.80. The Labute approximate surface area is 222 Å². The molecule has 1 aliphatic heterocycles. The van der Waals surface area contributed by atoms with E-state index in [4.69, 9.17) is 9.72 Å². The maximum Gasteiger partial charge on any atom is 0.254 e. The molecule has 8 heteroatoms. The monoisotopic (exact) mass is 513 g/mol. The number of aliphatic hydroxyl groups is 1. The molecule has 3 fully saturated rings. The first kappa shape index (κ1) is 23.7. The predicted molar refractivity (Wildman–Crippen MR) is 146 cm³/mol. The summed E-state index contributed by atoms with van der Waals surface area (Å²) >= 11 is 0. The van der Waals surface area contributed by atoms with E-state index in [0.29, 0.717) is 36.2 Å². The topological polar surface area (TPSA) is 85.4 Å². The Hall–Kier alpha value is -3.39. The number of imidazole rings is 1. The Morgan fingerprint density at radius 2 is 1.92 bits per heavy atom. The lowest BCUT2D eigenvalue weighted by molar-refractivity contribution is -0.127. The zero-order valence-electron chi connectivity index (χ0n) is 22.2. The second-order valence-electron chi connectivity index (χ2n) is 11.6. The normalized spacial score (nSPS) is 19.7. The van der Waals surface area contributed by atoms with Crippen molar-refractivity contribution in [2.45, 2.75) is 57.1 Å². The summed E-state index contributed by atoms with van der Waals surface area (Å²) in [6.07, 6.45) is 10.1. The molecule has 4 heterocycles. The number of ether oxygens (including phenoxy) is 1. The Balaban J connectivity index is 1.24. The summed E-state index contributed by atoms with van der Waals surface area (Å²) in [5.41, 5.74) is 3.39. The second kappa shape index (κ2) is 8.83. The standard InChI is InChI=1S/C30H35N5O3/c1-33-26-23(32-28(33)24-14-20-7-6-12-31-27(20)35(24)16-19-10-11-19)13-21(15-25(26)38-2)29(36)34-17-30(37,18-34)22-8-4-3-5-9-22/h6-7,12-15,19,22,37H,3-5,8-11,16-18H2,1-2H3. The molecule has 0 spiro atoms. The number of amides is 1. The van der Waals surface area contributed by atoms with Gasteiger partial charge in [0.2, 0.25) is 0 Å². The predicted octanol–water partition coefficient (Wildman–Crippen LogP) is 4.78. The van der Waals surface area contributed by atoms with E-state index in [1.54, 1.807) is 12.0 Å². The van der Waals surface area contributed by atoms with Crippen LogP contribution in [0.15, 0.2) is 36.5 Å². The number of carbonyl (C=O) groups is 1. The highest BCUT2D eigenvalue weighted by Crippen LogP contribution is 2.40. The SMILES string of the molecule is COc1cc(C(=O)N2CC(O)(C3CCCCC3)C2)cc2nc(-c3cc4cccnc4n3CC3CC3)n(C)c12. The fourth-order valence-corrected chi connectivity index (χ4v) is 6.67. The number of carbonyl (C=O) groups excluding carboxylic acids is 1. The lowest BCUT2D eigenvalue weighted by atomic mass is 9.72. The van der Waals surface area contributed by atoms with Gasteiger partial charge in [-0.3, -0.25) is 4.79 Å². The number of hydrogen-bond acceptors (Lipinski definition) is 5. The molecule has 1 saturated heterocycles. The molecule has 3 aromatic heterocycles. The van der Waals surface area contributed by atoms with Crippen LogP contribution in [0.2, 0.25) is 0 Å². The highest BCUT2D eigenvalue weighted by Gasteiger charge is 2.49. The molecule has 0 bridgehead atoms. The lowest BCUT2D eigenvalue weighted by Gasteiger charge is -2.51. The summed E-state index contributed by atoms with van der Waals surface area (Å²) in [6.45, 7) is 1.73. The van der Waals surface area contributed by atoms with Gasteiger partial charge in [0.15, 0.2) is 5.82 Å². The van der Waals surface area contributed by atoms with Gasteiger partial charge in [-0.05, 0) is 67.9 Å². The van der Waals surface area contributed by atoms with Crippen molar-refractivity contribution in [3.63, 3.8) is 0 Å². The number of likely N-dealkylation sites (tertiary alicyclic amines) is 1. The minimum absolute atomic E-state index is 0.0788. The zero-order valence-corrected chi connectivity index (χ0v) is 22.2. The summed E-state index contributed by atoms with van der Waals surface area (Å²) in [5.74, 6) is 2.36. The molecule has 38 heavy (non-hydrogen) atoms. The van der Waals surface area contributed by atoms with Crippen molar-refractivity contribution < 1.29 is 14.6 Å². The third-order valence-corrected chi connectivity index (χ3v) is 9.01. The number of nitrogens with zero attached hydrogens (tertiary/aromatic N) is 5. The fourth-order valence-electron chi connectivity index (χ4n) is 6.67. The number of methoxy groups -OCH3 is 1. The molecule has 4 aromatic rings. The number of aromatic nitrogens is 4. The van der Waals surface area contributed by atoms with Gasteiger partial charge in [-0.15, -0.1) is 0 Å². The molecule has 198 valence electrons. The van der Waals surface area contributed by atoms with Crippen molar-refractivity contribution in [2.24, 2.45) is 18.9 Å². The number of hydrogen-bond donors (Lipinski definition) is 1. The van der Waals surface area contributed by atoms with Gasteiger partial charge in [0, 0.05) is 30.7 Å². The molecule has 1 N–H and O–H groups in total. The summed E-state index contributed by atoms with van der Waals surface area (Å²) in [4.78, 5) is 25.0. The summed E-state index contributed by atoms with van der Waals surface area (Å²) < 4.78 is 10.1. The molecule has 8 nitrogen and oxygen atoms in total. The molecule has 2 aliphatic carbocycles. The first-order chi connectivity index (χ1) is 18.4. The van der Waals surface area contributed by atoms with Gasteiger partial charge >= 0.3 is 0 Å². The van der Waals surface area contributed by atoms with E-state index < -0.39 is 5.60 Å². The first-order valence-electron chi connectivity index (χ1n) is 14.0. The average Bonchev–Trinajstić information content (AvgIpc) is 3.59. The Kier molecular flexibility index (Phi) is 5.51. The van der Waals surface area contributed by atoms with Gasteiger partial charge in [0.05, 0.1) is 31.4 Å². The van der Waals surface area contributed by atoms with E-state index in [1.807, 2.05) is 31.4 Å². The van der Waals surface area contributed by atoms with Gasteiger partial charge in [-0.2, -0.15) is 0 Å². The maximum atomic E-state index is 13.5. The highest BCUT2D eigenvalue weighted by molar-refractivity contribution is 6.00. The number of aryl methyl sites for hydroxylation is 1. The minimum Gasteiger partial charge on any atom is -0.494 e. The molecule has 1 amide bonds. The van der Waals surface area contributed by atoms with Gasteiger partial charge < -0.3 is 23.9 Å². The van der Waals surface area contributed by atoms with E-state index in [1.165, 1.54) is 32.1 Å². The minimum atomic E-state index is -0.745. The molecule has 2 saturated carbocycles. The van der Waals surface area contributed by atoms with Crippen LogP contribution in [-0.4, -0.2) is 60.8 Å². The van der Waals surface area contributed by atoms with Gasteiger partial charge in [-0.1, -0.05) is 19.3 Å². The molecular weight excluding hydrogens is 478 g/mol. The van der Waals surface area contributed by atoms with Crippen LogP contribution in [-0.2, 0) is 13.6 Å². The maximum absolute atomic E-state index is 13.5. The van der Waals surface area contributed by atoms with Crippen molar-refractivity contribution in [1.82, 2.24) is 24.0 Å². The Morgan fingerprint density at radius 3 is 2.66 bits per heavy atom. The summed E-state index contributed by atoms with van der Waals surface area (Å²) in [5, 5.41) is 12.2. The number of pyridine rings is 1. The van der Waals surface area contributed by atoms with Crippen LogP contribution < -0.4 is 4.74 Å². The van der Waals surface area contributed by atoms with Crippen LogP contribution in [0.3, 0.4) is 0 Å². The molecule has 3 aliphatic rings. The molecule has 0 unspecified atom stereocenters. The zero-order chi connectivity index (χ0) is 26.0. The van der Waals surface area contributed by atoms with E-state index >= 15 is 0 Å². The van der Waals surface area contributed by atoms with Gasteiger partial charge in [-0.25, -0.2) is 9.97 Å². The Bertz CT molecular complexity index is 1540. The van der Waals surface area contributed by atoms with E-state index in [2.05, 4.69) is 26.3 Å². The van der Waals surface area contributed by atoms with E-state index in [-0.39, 0.29) is 5.91 Å². The molecule has 1 aromatic carbocycles. The van der Waals surface area contributed by atoms with Crippen molar-refractivity contribution >= 4 is 28.0 Å². The first-order valence-corrected chi connectivity index (χ1v) is 14.0. The highest BCUT2D eigenvalue weighted by atomic mass is 16.5. The lowest BCUT2D eigenvalue weighted by Crippen LogP contribution is -2.67. The van der Waals surface area contributed by atoms with E-state index in [0.717, 1.165) is 53.0 Å². The fraction of sp³-hybridized carbons (Fsp3) is 0.500. The average molecular weight is 514 g/mol. The third-order valence-electron chi connectivity index (χ3n) is 9.01. The van der Waals surface area contributed by atoms with Crippen LogP contribution >= 0.6 is 0 Å². The van der Waals surface area contributed by atoms with Crippen LogP contribution in [0.4, 0.5) is 0 Å². The molecular formula is C30H35N5O3. The van der Waals surface area contributed by atoms with Crippen LogP contribution in [0, 0.1) is 11.8 Å². The second-order valence-corrected chi connectivity index (χ2v) is 11.6. The van der Waals surface area contributed by atoms with Gasteiger partial charge in [0.25, 0.3) is 5.91 Å². The number of β-amino-alcohol motifs (C(OH)–C–C–N with tert-alkyl or cyclic N) is 1. The van der Waals surface area contributed by atoms with Gasteiger partial charge in [0.1, 0.15) is 22.5 Å².